The van der Waals surface area contributed by atoms with E-state index in [-0.39, 0.29) is 73.2 Å². The van der Waals surface area contributed by atoms with Crippen molar-refractivity contribution in [1.29, 1.82) is 0 Å². The summed E-state index contributed by atoms with van der Waals surface area (Å²) in [4.78, 5) is 80.7. The molecule has 2 bridgehead atoms. The lowest BCUT2D eigenvalue weighted by Crippen LogP contribution is -2.61. The molecule has 1 saturated carbocycles. The molecule has 1 unspecified atom stereocenters. The van der Waals surface area contributed by atoms with Crippen molar-refractivity contribution in [2.45, 2.75) is 180 Å². The quantitative estimate of drug-likeness (QED) is 0.0718. The summed E-state index contributed by atoms with van der Waals surface area (Å²) in [5.41, 5.74) is 18.3. The highest BCUT2D eigenvalue weighted by Crippen LogP contribution is 2.38. The van der Waals surface area contributed by atoms with Crippen molar-refractivity contribution >= 4 is 41.1 Å². The van der Waals surface area contributed by atoms with E-state index in [0.717, 1.165) is 4.90 Å². The first-order valence-electron chi connectivity index (χ1n) is 25.1. The Kier molecular flexibility index (Phi) is 22.2. The average Bonchev–Trinajstić information content (AvgIpc) is 3.31. The molecule has 18 heteroatoms. The number of carbonyl (C=O) groups excluding carboxylic acids is 5. The Morgan fingerprint density at radius 3 is 2.29 bits per heavy atom. The van der Waals surface area contributed by atoms with E-state index in [2.05, 4.69) is 9.98 Å². The predicted molar refractivity (Wildman–Crippen MR) is 266 cm³/mol. The highest BCUT2D eigenvalue weighted by molar-refractivity contribution is 6.39. The van der Waals surface area contributed by atoms with Crippen LogP contribution in [0.25, 0.3) is 0 Å². The van der Waals surface area contributed by atoms with Gasteiger partial charge in [-0.15, -0.1) is 0 Å². The summed E-state index contributed by atoms with van der Waals surface area (Å²) < 4.78 is 23.6. The fourth-order valence-corrected chi connectivity index (χ4v) is 10.3. The summed E-state index contributed by atoms with van der Waals surface area (Å²) in [5, 5.41) is 34.1. The minimum absolute atomic E-state index is 0.0409. The first-order chi connectivity index (χ1) is 33.0. The smallest absolute Gasteiger partial charge is 0.329 e. The van der Waals surface area contributed by atoms with Crippen LogP contribution < -0.4 is 17.2 Å². The molecule has 0 aromatic carbocycles. The van der Waals surface area contributed by atoms with Gasteiger partial charge < -0.3 is 56.4 Å². The first kappa shape index (κ1) is 58.0. The Morgan fingerprint density at radius 1 is 0.900 bits per heavy atom. The van der Waals surface area contributed by atoms with E-state index in [9.17, 15) is 39.3 Å². The molecule has 15 atom stereocenters. The van der Waals surface area contributed by atoms with Gasteiger partial charge in [0.25, 0.3) is 11.7 Å². The van der Waals surface area contributed by atoms with Gasteiger partial charge in [-0.3, -0.25) is 19.2 Å². The summed E-state index contributed by atoms with van der Waals surface area (Å²) in [6.45, 7) is 12.5. The van der Waals surface area contributed by atoms with Crippen LogP contribution in [-0.4, -0.2) is 137 Å². The largest absolute Gasteiger partial charge is 0.460 e. The number of carbonyl (C=O) groups is 5. The third-order valence-corrected chi connectivity index (χ3v) is 14.8. The molecule has 2 saturated heterocycles. The van der Waals surface area contributed by atoms with Crippen molar-refractivity contribution in [1.82, 2.24) is 4.90 Å². The van der Waals surface area contributed by atoms with Gasteiger partial charge in [0, 0.05) is 51.4 Å². The number of fused-ring (bicyclic) bond motifs is 3. The number of ether oxygens (including phenoxy) is 4. The summed E-state index contributed by atoms with van der Waals surface area (Å²) in [6.07, 6.45) is 10.3. The molecule has 0 aromatic rings. The number of allylic oxidation sites excluding steroid dienone is 6. The van der Waals surface area contributed by atoms with Crippen molar-refractivity contribution in [2.75, 3.05) is 20.8 Å². The van der Waals surface area contributed by atoms with Gasteiger partial charge in [0.1, 0.15) is 30.1 Å². The van der Waals surface area contributed by atoms with Gasteiger partial charge >= 0.3 is 5.97 Å². The number of rotatable bonds is 6. The molecule has 3 heterocycles. The van der Waals surface area contributed by atoms with Gasteiger partial charge in [0.05, 0.1) is 24.4 Å². The van der Waals surface area contributed by atoms with Crippen LogP contribution in [-0.2, 0) is 42.9 Å². The third-order valence-electron chi connectivity index (χ3n) is 14.8. The number of aliphatic imine (C=N–C) groups is 2. The highest BCUT2D eigenvalue weighted by Gasteiger charge is 2.53. The van der Waals surface area contributed by atoms with Crippen LogP contribution in [0.1, 0.15) is 126 Å². The van der Waals surface area contributed by atoms with E-state index in [4.69, 9.17) is 36.1 Å². The number of esters is 1. The highest BCUT2D eigenvalue weighted by atomic mass is 16.6. The molecule has 0 radical (unpaired) electrons. The zero-order valence-electron chi connectivity index (χ0n) is 42.8. The Hall–Kier alpha value is -4.59. The minimum Gasteiger partial charge on any atom is -0.460 e. The number of ketones is 3. The second-order valence-electron chi connectivity index (χ2n) is 20.4. The molecule has 3 aliphatic heterocycles. The Labute approximate surface area is 414 Å². The van der Waals surface area contributed by atoms with Crippen LogP contribution in [0, 0.1) is 35.5 Å². The fourth-order valence-electron chi connectivity index (χ4n) is 10.3. The zero-order valence-corrected chi connectivity index (χ0v) is 42.8. The number of guanidine groups is 2. The molecule has 18 nitrogen and oxygen atoms in total. The number of aliphatic hydroxyl groups is 3. The van der Waals surface area contributed by atoms with Gasteiger partial charge in [0.2, 0.25) is 11.7 Å². The lowest BCUT2D eigenvalue weighted by atomic mass is 9.78. The molecule has 4 aliphatic rings. The first-order valence-corrected chi connectivity index (χ1v) is 25.1. The fraction of sp³-hybridized carbons (Fsp3) is 0.712. The molecular formula is C52H82N6O12. The summed E-state index contributed by atoms with van der Waals surface area (Å²) in [6, 6.07) is -1.88. The Morgan fingerprint density at radius 2 is 1.61 bits per heavy atom. The lowest BCUT2D eigenvalue weighted by molar-refractivity contribution is -0.263. The summed E-state index contributed by atoms with van der Waals surface area (Å²) in [5.74, 6) is -9.05. The van der Waals surface area contributed by atoms with Crippen LogP contribution in [0.5, 0.6) is 0 Å². The number of Topliss-reactive ketones (excluding diaryl/α,β-unsaturated/α-hetero) is 3. The molecule has 9 N–H and O–H groups in total. The molecule has 3 fully saturated rings. The summed E-state index contributed by atoms with van der Waals surface area (Å²) in [7, 11) is 2.92. The number of nitrogens with two attached hydrogens (primary N) is 3. The maximum absolute atomic E-state index is 14.4. The average molecular weight is 983 g/mol. The molecule has 1 amide bonds. The number of aliphatic hydroxyl groups excluding tert-OH is 2. The maximum Gasteiger partial charge on any atom is 0.329 e. The van der Waals surface area contributed by atoms with Crippen LogP contribution in [0.15, 0.2) is 57.6 Å². The molecular weight excluding hydrogens is 901 g/mol. The second kappa shape index (κ2) is 26.7. The predicted octanol–water partition coefficient (Wildman–Crippen LogP) is 4.12. The van der Waals surface area contributed by atoms with Crippen LogP contribution in [0.3, 0.4) is 0 Å². The van der Waals surface area contributed by atoms with E-state index in [1.807, 2.05) is 45.1 Å². The van der Waals surface area contributed by atoms with Gasteiger partial charge in [-0.2, -0.15) is 4.99 Å². The lowest BCUT2D eigenvalue weighted by Gasteiger charge is -2.42. The van der Waals surface area contributed by atoms with E-state index in [1.165, 1.54) is 7.11 Å². The van der Waals surface area contributed by atoms with Crippen LogP contribution in [0.4, 0.5) is 0 Å². The minimum atomic E-state index is -2.54. The topological polar surface area (TPSA) is 289 Å². The van der Waals surface area contributed by atoms with Crippen molar-refractivity contribution in [3.8, 4) is 0 Å². The number of hydrogen-bond donors (Lipinski definition) is 6. The van der Waals surface area contributed by atoms with E-state index >= 15 is 0 Å². The standard InChI is InChI=1S/C52H82N6O12/c1-29-15-11-10-12-16-30(2)38(56-51(55)57-50(53)54)27-37-20-18-35(7)52(66,70-37)47(63)48(64)58-22-14-13-17-39(58)49(65)69-42(32(4)25-36-19-21-40(59)43(26-36)67-8)28-41(60)31(3)24-34(6)45(62)46(68-9)44(61)33(5)23-29/h10-12,15-16,24,29,31-33,35-40,42-43,45-46,59,62,66H,13-14,17-23,25-28H2,1-9H3,(H6,53,54,55,56,57)/b12-10+,15-11+,30-16-,34-24+/t29-,31-,32?,33-,35-,36-,37+,38-,39+,40-,42+,43-,45-,46+,52-/m1/s1. The number of cyclic esters (lactones) is 1. The molecule has 392 valence electrons. The van der Waals surface area contributed by atoms with Crippen molar-refractivity contribution in [3.05, 3.63) is 47.6 Å². The zero-order chi connectivity index (χ0) is 52.0. The van der Waals surface area contributed by atoms with E-state index < -0.39 is 83.8 Å². The molecule has 4 rings (SSSR count). The van der Waals surface area contributed by atoms with Crippen molar-refractivity contribution in [2.24, 2.45) is 62.7 Å². The Bertz CT molecular complexity index is 2010. The van der Waals surface area contributed by atoms with Gasteiger partial charge in [-0.25, -0.2) is 9.79 Å². The molecule has 70 heavy (non-hydrogen) atoms. The Balaban J connectivity index is 1.75. The van der Waals surface area contributed by atoms with Crippen molar-refractivity contribution < 1.29 is 58.2 Å². The third kappa shape index (κ3) is 15.7. The second-order valence-corrected chi connectivity index (χ2v) is 20.4. The number of piperidine rings is 1. The van der Waals surface area contributed by atoms with Gasteiger partial charge in [-0.1, -0.05) is 71.1 Å². The normalized spacial score (nSPS) is 38.5. The number of hydrogen-bond acceptors (Lipinski definition) is 13. The SMILES string of the molecule is CO[C@@H]1C[C@@H](CC(C)[C@@H]2CC(=O)[C@H](C)/C=C(\C)[C@@H](O)[C@@H](OC)C(=O)[C@H](C)C[C@H](C)/C=C/C=C/C=C(/C)[C@H](N=C(N)N=C(N)N)C[C@@H]3CC[C@@H](C)[C@@](O)(O3)C(=O)C(=O)N3CCCC[C@H]3C(=O)O2)CC[C@H]1O. The van der Waals surface area contributed by atoms with Gasteiger partial charge in [-0.05, 0) is 107 Å². The molecule has 0 aromatic heterocycles. The molecule has 0 spiro atoms. The number of nitrogens with zero attached hydrogens (tertiary/aromatic N) is 3. The number of methoxy groups -OCH3 is 2. The van der Waals surface area contributed by atoms with E-state index in [1.54, 1.807) is 47.0 Å². The van der Waals surface area contributed by atoms with Gasteiger partial charge in [0.15, 0.2) is 11.7 Å². The van der Waals surface area contributed by atoms with Crippen LogP contribution in [0.2, 0.25) is 0 Å². The summed E-state index contributed by atoms with van der Waals surface area (Å²) >= 11 is 0. The van der Waals surface area contributed by atoms with Crippen molar-refractivity contribution in [3.63, 3.8) is 0 Å². The maximum atomic E-state index is 14.4. The molecule has 1 aliphatic carbocycles. The number of amides is 1. The monoisotopic (exact) mass is 983 g/mol. The van der Waals surface area contributed by atoms with E-state index in [0.29, 0.717) is 68.9 Å². The van der Waals surface area contributed by atoms with Crippen LogP contribution >= 0.6 is 0 Å².